The van der Waals surface area contributed by atoms with Gasteiger partial charge in [-0.15, -0.1) is 19.7 Å². The lowest BCUT2D eigenvalue weighted by Crippen LogP contribution is -2.32. The molecular formula is C27H31NO3. The number of imide groups is 1. The van der Waals surface area contributed by atoms with Gasteiger partial charge in [-0.1, -0.05) is 37.0 Å². The minimum atomic E-state index is -0.391. The van der Waals surface area contributed by atoms with Gasteiger partial charge in [-0.2, -0.15) is 0 Å². The third-order valence-corrected chi connectivity index (χ3v) is 4.89. The second-order valence-corrected chi connectivity index (χ2v) is 7.80. The molecule has 0 aromatic heterocycles. The summed E-state index contributed by atoms with van der Waals surface area (Å²) in [5.74, 6) is -0.274. The molecule has 0 atom stereocenters. The number of carbonyl (C=O) groups is 2. The molecule has 31 heavy (non-hydrogen) atoms. The van der Waals surface area contributed by atoms with E-state index in [2.05, 4.69) is 32.9 Å². The summed E-state index contributed by atoms with van der Waals surface area (Å²) in [4.78, 5) is 26.6. The third kappa shape index (κ3) is 5.21. The van der Waals surface area contributed by atoms with E-state index in [1.807, 2.05) is 19.9 Å². The summed E-state index contributed by atoms with van der Waals surface area (Å²) < 4.78 is 6.22. The number of carbonyl (C=O) groups excluding carboxylic acids is 2. The van der Waals surface area contributed by atoms with Crippen LogP contribution in [0.4, 0.5) is 5.69 Å². The van der Waals surface area contributed by atoms with E-state index in [1.165, 1.54) is 17.1 Å². The molecule has 0 aliphatic carbocycles. The lowest BCUT2D eigenvalue weighted by Gasteiger charge is -2.29. The molecule has 1 aromatic carbocycles. The predicted octanol–water partition coefficient (Wildman–Crippen LogP) is 5.38. The summed E-state index contributed by atoms with van der Waals surface area (Å²) in [6.45, 7) is 23.9. The molecule has 0 saturated heterocycles. The maximum Gasteiger partial charge on any atom is 0.258 e. The largest absolute Gasteiger partial charge is 0.487 e. The Morgan fingerprint density at radius 2 is 1.35 bits per heavy atom. The Bertz CT molecular complexity index is 976. The number of hydrogen-bond acceptors (Lipinski definition) is 3. The van der Waals surface area contributed by atoms with Crippen molar-refractivity contribution < 1.29 is 14.3 Å². The van der Waals surface area contributed by atoms with Crippen LogP contribution >= 0.6 is 0 Å². The Labute approximate surface area is 185 Å². The van der Waals surface area contributed by atoms with Gasteiger partial charge in [0.2, 0.25) is 0 Å². The van der Waals surface area contributed by atoms with Gasteiger partial charge in [0.25, 0.3) is 11.8 Å². The molecule has 2 rings (SSSR count). The molecule has 0 N–H and O–H groups in total. The number of hydrogen-bond donors (Lipinski definition) is 0. The van der Waals surface area contributed by atoms with Crippen LogP contribution in [0.1, 0.15) is 36.1 Å². The number of amides is 2. The molecule has 0 unspecified atom stereocenters. The maximum absolute atomic E-state index is 12.7. The van der Waals surface area contributed by atoms with Gasteiger partial charge in [0.1, 0.15) is 12.4 Å². The molecule has 1 aliphatic rings. The molecule has 2 amide bonds. The lowest BCUT2D eigenvalue weighted by atomic mass is 9.85. The summed E-state index contributed by atoms with van der Waals surface area (Å²) in [6.07, 6.45) is 10.2. The van der Waals surface area contributed by atoms with Crippen LogP contribution < -0.4 is 9.64 Å². The molecule has 4 nitrogen and oxygen atoms in total. The van der Waals surface area contributed by atoms with E-state index in [1.54, 1.807) is 12.2 Å². The Morgan fingerprint density at radius 3 is 1.84 bits per heavy atom. The zero-order valence-corrected chi connectivity index (χ0v) is 18.6. The van der Waals surface area contributed by atoms with E-state index >= 15 is 0 Å². The van der Waals surface area contributed by atoms with Crippen molar-refractivity contribution in [3.05, 3.63) is 96.7 Å². The highest BCUT2D eigenvalue weighted by Gasteiger charge is 2.34. The highest BCUT2D eigenvalue weighted by Crippen LogP contribution is 2.44. The van der Waals surface area contributed by atoms with E-state index in [-0.39, 0.29) is 6.61 Å². The average molecular weight is 418 g/mol. The maximum atomic E-state index is 12.7. The van der Waals surface area contributed by atoms with Gasteiger partial charge in [0.15, 0.2) is 0 Å². The second-order valence-electron chi connectivity index (χ2n) is 7.80. The molecule has 0 radical (unpaired) electrons. The van der Waals surface area contributed by atoms with Crippen LogP contribution in [0.3, 0.4) is 0 Å². The van der Waals surface area contributed by atoms with E-state index in [4.69, 9.17) is 4.74 Å². The highest BCUT2D eigenvalue weighted by atomic mass is 16.5. The second kappa shape index (κ2) is 10.6. The van der Waals surface area contributed by atoms with Crippen LogP contribution in [0.2, 0.25) is 0 Å². The van der Waals surface area contributed by atoms with Crippen molar-refractivity contribution in [3.63, 3.8) is 0 Å². The molecule has 1 heterocycles. The van der Waals surface area contributed by atoms with Crippen molar-refractivity contribution in [2.24, 2.45) is 0 Å². The summed E-state index contributed by atoms with van der Waals surface area (Å²) in [5.41, 5.74) is 6.10. The quantitative estimate of drug-likeness (QED) is 0.339. The average Bonchev–Trinajstić information content (AvgIpc) is 3.02. The number of anilines is 1. The monoisotopic (exact) mass is 417 g/mol. The summed E-state index contributed by atoms with van der Waals surface area (Å²) in [7, 11) is 0. The van der Waals surface area contributed by atoms with Crippen LogP contribution in [0, 0.1) is 0 Å². The third-order valence-electron chi connectivity index (χ3n) is 4.89. The van der Waals surface area contributed by atoms with Crippen molar-refractivity contribution in [3.8, 4) is 5.75 Å². The van der Waals surface area contributed by atoms with Crippen LogP contribution in [0.15, 0.2) is 74.4 Å². The van der Waals surface area contributed by atoms with Gasteiger partial charge < -0.3 is 4.74 Å². The van der Waals surface area contributed by atoms with Crippen molar-refractivity contribution >= 4 is 17.5 Å². The minimum Gasteiger partial charge on any atom is -0.487 e. The number of allylic oxidation sites excluding steroid dienone is 4. The number of ether oxygens (including phenoxy) is 1. The molecule has 4 heteroatoms. The Balaban J connectivity index is 3.02. The predicted molar refractivity (Wildman–Crippen MR) is 129 cm³/mol. The zero-order chi connectivity index (χ0) is 23.1. The van der Waals surface area contributed by atoms with Gasteiger partial charge >= 0.3 is 0 Å². The van der Waals surface area contributed by atoms with Gasteiger partial charge in [-0.05, 0) is 61.8 Å². The highest BCUT2D eigenvalue weighted by molar-refractivity contribution is 6.29. The van der Waals surface area contributed by atoms with Crippen molar-refractivity contribution in [2.45, 2.75) is 39.5 Å². The summed E-state index contributed by atoms with van der Waals surface area (Å²) in [6, 6.07) is 0. The number of nitrogens with zero attached hydrogens (tertiary/aromatic N) is 1. The smallest absolute Gasteiger partial charge is 0.258 e. The summed E-state index contributed by atoms with van der Waals surface area (Å²) >= 11 is 0. The standard InChI is InChI=1S/C27H31NO3/c1-8-11-20-21(12-9-2)26(28-24(29)14-15-25(28)30)27(31-17-19(6)7)22(13-10-3)23(20)16-18(4)5/h8-10,14-15H,1-4,6,11-13,16-17H2,5,7H3. The van der Waals surface area contributed by atoms with E-state index < -0.39 is 11.8 Å². The normalized spacial score (nSPS) is 12.8. The number of rotatable bonds is 12. The fraction of sp³-hybridized carbons (Fsp3) is 0.259. The van der Waals surface area contributed by atoms with Gasteiger partial charge in [-0.3, -0.25) is 9.59 Å². The van der Waals surface area contributed by atoms with Crippen LogP contribution in [-0.4, -0.2) is 18.4 Å². The first-order valence-corrected chi connectivity index (χ1v) is 10.3. The van der Waals surface area contributed by atoms with Crippen molar-refractivity contribution in [1.82, 2.24) is 0 Å². The van der Waals surface area contributed by atoms with Crippen LogP contribution in [0.25, 0.3) is 0 Å². The first-order chi connectivity index (χ1) is 14.8. The van der Waals surface area contributed by atoms with E-state index in [0.717, 1.165) is 33.4 Å². The summed E-state index contributed by atoms with van der Waals surface area (Å²) in [5, 5.41) is 0. The zero-order valence-electron chi connectivity index (χ0n) is 18.6. The molecule has 162 valence electrons. The van der Waals surface area contributed by atoms with Crippen molar-refractivity contribution in [2.75, 3.05) is 11.5 Å². The van der Waals surface area contributed by atoms with E-state index in [0.29, 0.717) is 37.1 Å². The van der Waals surface area contributed by atoms with Crippen LogP contribution in [-0.2, 0) is 35.3 Å². The van der Waals surface area contributed by atoms with Crippen LogP contribution in [0.5, 0.6) is 5.75 Å². The van der Waals surface area contributed by atoms with Gasteiger partial charge in [0.05, 0.1) is 5.69 Å². The minimum absolute atomic E-state index is 0.266. The van der Waals surface area contributed by atoms with Gasteiger partial charge in [-0.25, -0.2) is 4.90 Å². The van der Waals surface area contributed by atoms with E-state index in [9.17, 15) is 9.59 Å². The molecule has 1 aromatic rings. The molecule has 1 aliphatic heterocycles. The SMILES string of the molecule is C=CCc1c(CC(=C)C)c(CC=C)c(OCC(=C)C)c(N2C(=O)C=CC2=O)c1CC=C. The Kier molecular flexibility index (Phi) is 8.14. The molecular weight excluding hydrogens is 386 g/mol. The Morgan fingerprint density at radius 1 is 0.839 bits per heavy atom. The number of benzene rings is 1. The fourth-order valence-corrected chi connectivity index (χ4v) is 3.76. The first-order valence-electron chi connectivity index (χ1n) is 10.3. The fourth-order valence-electron chi connectivity index (χ4n) is 3.76. The molecule has 0 spiro atoms. The molecule has 0 bridgehead atoms. The Hall–Kier alpha value is -3.40. The van der Waals surface area contributed by atoms with Gasteiger partial charge in [0, 0.05) is 17.7 Å². The first kappa shape index (κ1) is 23.9. The molecule has 0 fully saturated rings. The van der Waals surface area contributed by atoms with Crippen molar-refractivity contribution in [1.29, 1.82) is 0 Å². The molecule has 0 saturated carbocycles. The lowest BCUT2D eigenvalue weighted by molar-refractivity contribution is -0.120. The topological polar surface area (TPSA) is 46.6 Å².